The fraction of sp³-hybridized carbons (Fsp3) is 0. The number of rotatable bonds is 8. The summed E-state index contributed by atoms with van der Waals surface area (Å²) in [6.45, 7) is 0. The van der Waals surface area contributed by atoms with Crippen LogP contribution in [0.15, 0.2) is 158 Å². The summed E-state index contributed by atoms with van der Waals surface area (Å²) in [6.07, 6.45) is 13.3. The molecule has 0 atom stereocenters. The highest BCUT2D eigenvalue weighted by atomic mass is 14.1. The van der Waals surface area contributed by atoms with Crippen LogP contribution < -0.4 is 0 Å². The van der Waals surface area contributed by atoms with Gasteiger partial charge >= 0.3 is 0 Å². The highest BCUT2D eigenvalue weighted by Gasteiger charge is 2.09. The molecule has 0 aliphatic rings. The van der Waals surface area contributed by atoms with Gasteiger partial charge in [-0.3, -0.25) is 0 Å². The Bertz CT molecular complexity index is 1430. The summed E-state index contributed by atoms with van der Waals surface area (Å²) in [5, 5.41) is 0. The van der Waals surface area contributed by atoms with Gasteiger partial charge in [-0.2, -0.15) is 0 Å². The van der Waals surface area contributed by atoms with Gasteiger partial charge in [0.05, 0.1) is 0 Å². The van der Waals surface area contributed by atoms with E-state index < -0.39 is 0 Å². The number of benzene rings is 5. The maximum Gasteiger partial charge on any atom is -0.0105 e. The first-order valence-corrected chi connectivity index (χ1v) is 12.9. The predicted molar refractivity (Wildman–Crippen MR) is 166 cm³/mol. The summed E-state index contributed by atoms with van der Waals surface area (Å²) in [5.74, 6) is 0. The Balaban J connectivity index is 1.64. The van der Waals surface area contributed by atoms with Crippen molar-refractivity contribution in [3.05, 3.63) is 191 Å². The minimum Gasteiger partial charge on any atom is -0.0622 e. The Morgan fingerprint density at radius 1 is 0.316 bits per heavy atom. The Morgan fingerprint density at radius 2 is 0.605 bits per heavy atom. The van der Waals surface area contributed by atoms with E-state index in [1.54, 1.807) is 0 Å². The molecule has 0 fully saturated rings. The van der Waals surface area contributed by atoms with Crippen LogP contribution in [0.2, 0.25) is 0 Å². The van der Waals surface area contributed by atoms with Gasteiger partial charge in [0.2, 0.25) is 0 Å². The maximum atomic E-state index is 2.26. The number of hydrogen-bond acceptors (Lipinski definition) is 0. The molecule has 0 radical (unpaired) electrons. The lowest BCUT2D eigenvalue weighted by atomic mass is 9.91. The summed E-state index contributed by atoms with van der Waals surface area (Å²) in [7, 11) is 0. The van der Waals surface area contributed by atoms with Crippen LogP contribution in [0, 0.1) is 0 Å². The molecule has 0 aromatic heterocycles. The third-order valence-corrected chi connectivity index (χ3v) is 6.30. The van der Waals surface area contributed by atoms with Crippen molar-refractivity contribution in [2.75, 3.05) is 0 Å². The lowest BCUT2D eigenvalue weighted by Gasteiger charge is -2.13. The molecule has 0 spiro atoms. The molecule has 182 valence electrons. The number of allylic oxidation sites excluding steroid dienone is 4. The van der Waals surface area contributed by atoms with Crippen LogP contribution in [0.3, 0.4) is 0 Å². The molecule has 0 unspecified atom stereocenters. The number of hydrogen-bond donors (Lipinski definition) is 0. The molecule has 0 saturated carbocycles. The molecule has 0 heteroatoms. The third-order valence-electron chi connectivity index (χ3n) is 6.30. The minimum absolute atomic E-state index is 1.16. The van der Waals surface area contributed by atoms with Crippen molar-refractivity contribution in [3.63, 3.8) is 0 Å². The second-order valence-electron chi connectivity index (χ2n) is 9.05. The molecule has 0 saturated heterocycles. The first kappa shape index (κ1) is 24.7. The van der Waals surface area contributed by atoms with Gasteiger partial charge in [0, 0.05) is 0 Å². The molecule has 38 heavy (non-hydrogen) atoms. The van der Waals surface area contributed by atoms with Gasteiger partial charge < -0.3 is 0 Å². The Hall–Kier alpha value is -4.94. The molecule has 5 rings (SSSR count). The quantitative estimate of drug-likeness (QED) is 0.151. The van der Waals surface area contributed by atoms with Crippen LogP contribution in [0.4, 0.5) is 0 Å². The highest BCUT2D eigenvalue weighted by molar-refractivity contribution is 5.99. The molecule has 0 aliphatic carbocycles. The van der Waals surface area contributed by atoms with Crippen molar-refractivity contribution in [1.29, 1.82) is 0 Å². The van der Waals surface area contributed by atoms with Crippen molar-refractivity contribution in [1.82, 2.24) is 0 Å². The standard InChI is InChI=1S/C38H30/c1-5-15-31(16-6-1)25-27-35(29-33-19-9-3-10-20-33)37-23-13-14-24-38(37)36(30-34-21-11-4-12-22-34)28-26-32-17-7-2-8-18-32/h1-30H. The fourth-order valence-corrected chi connectivity index (χ4v) is 4.38. The molecular weight excluding hydrogens is 456 g/mol. The van der Waals surface area contributed by atoms with E-state index >= 15 is 0 Å². The molecule has 0 aliphatic heterocycles. The van der Waals surface area contributed by atoms with Gasteiger partial charge in [0.25, 0.3) is 0 Å². The van der Waals surface area contributed by atoms with E-state index in [1.165, 1.54) is 33.4 Å². The van der Waals surface area contributed by atoms with Gasteiger partial charge in [-0.25, -0.2) is 0 Å². The van der Waals surface area contributed by atoms with E-state index in [1.807, 2.05) is 12.1 Å². The molecule has 5 aromatic carbocycles. The summed E-state index contributed by atoms with van der Waals surface area (Å²) < 4.78 is 0. The third kappa shape index (κ3) is 6.84. The van der Waals surface area contributed by atoms with E-state index in [0.717, 1.165) is 11.1 Å². The lowest BCUT2D eigenvalue weighted by molar-refractivity contribution is 1.55. The van der Waals surface area contributed by atoms with Crippen LogP contribution in [0.1, 0.15) is 33.4 Å². The lowest BCUT2D eigenvalue weighted by Crippen LogP contribution is -1.92. The molecule has 0 bridgehead atoms. The van der Waals surface area contributed by atoms with Crippen molar-refractivity contribution in [2.45, 2.75) is 0 Å². The van der Waals surface area contributed by atoms with E-state index in [-0.39, 0.29) is 0 Å². The van der Waals surface area contributed by atoms with Crippen LogP contribution >= 0.6 is 0 Å². The van der Waals surface area contributed by atoms with Crippen LogP contribution in [0.5, 0.6) is 0 Å². The minimum atomic E-state index is 1.16. The zero-order valence-electron chi connectivity index (χ0n) is 21.3. The molecule has 0 N–H and O–H groups in total. The van der Waals surface area contributed by atoms with Crippen molar-refractivity contribution in [2.24, 2.45) is 0 Å². The SMILES string of the molecule is C(=Cc1ccccc1)C(=Cc1ccccc1)c1ccccc1C(C=Cc1ccccc1)=Cc1ccccc1. The Kier molecular flexibility index (Phi) is 8.37. The van der Waals surface area contributed by atoms with Gasteiger partial charge in [0.1, 0.15) is 0 Å². The monoisotopic (exact) mass is 486 g/mol. The topological polar surface area (TPSA) is 0 Å². The summed E-state index contributed by atoms with van der Waals surface area (Å²) in [5.41, 5.74) is 9.37. The second-order valence-corrected chi connectivity index (χ2v) is 9.05. The first-order chi connectivity index (χ1) is 18.8. The maximum absolute atomic E-state index is 2.26. The first-order valence-electron chi connectivity index (χ1n) is 12.9. The highest BCUT2D eigenvalue weighted by Crippen LogP contribution is 2.31. The summed E-state index contributed by atoms with van der Waals surface area (Å²) >= 11 is 0. The van der Waals surface area contributed by atoms with E-state index in [0.29, 0.717) is 0 Å². The van der Waals surface area contributed by atoms with Gasteiger partial charge in [-0.05, 0) is 56.7 Å². The molecular formula is C38H30. The smallest absolute Gasteiger partial charge is 0.0105 e. The van der Waals surface area contributed by atoms with E-state index in [4.69, 9.17) is 0 Å². The molecule has 0 nitrogen and oxygen atoms in total. The van der Waals surface area contributed by atoms with Crippen molar-refractivity contribution < 1.29 is 0 Å². The Labute approximate surface area is 226 Å². The molecule has 0 heterocycles. The van der Waals surface area contributed by atoms with Gasteiger partial charge in [-0.1, -0.05) is 170 Å². The largest absolute Gasteiger partial charge is 0.0622 e. The Morgan fingerprint density at radius 3 is 0.947 bits per heavy atom. The predicted octanol–water partition coefficient (Wildman–Crippen LogP) is 10.2. The average molecular weight is 487 g/mol. The normalized spacial score (nSPS) is 12.3. The average Bonchev–Trinajstić information content (AvgIpc) is 2.99. The summed E-state index contributed by atoms with van der Waals surface area (Å²) in [6, 6.07) is 50.6. The molecule has 0 amide bonds. The van der Waals surface area contributed by atoms with Crippen LogP contribution in [-0.2, 0) is 0 Å². The van der Waals surface area contributed by atoms with E-state index in [2.05, 4.69) is 170 Å². The fourth-order valence-electron chi connectivity index (χ4n) is 4.38. The van der Waals surface area contributed by atoms with Gasteiger partial charge in [0.15, 0.2) is 0 Å². The van der Waals surface area contributed by atoms with Crippen molar-refractivity contribution in [3.8, 4) is 0 Å². The zero-order valence-corrected chi connectivity index (χ0v) is 21.3. The zero-order chi connectivity index (χ0) is 25.8. The second kappa shape index (κ2) is 12.9. The van der Waals surface area contributed by atoms with Gasteiger partial charge in [-0.15, -0.1) is 0 Å². The molecule has 5 aromatic rings. The van der Waals surface area contributed by atoms with Crippen LogP contribution in [0.25, 0.3) is 35.5 Å². The summed E-state index contributed by atoms with van der Waals surface area (Å²) in [4.78, 5) is 0. The van der Waals surface area contributed by atoms with Crippen LogP contribution in [-0.4, -0.2) is 0 Å². The van der Waals surface area contributed by atoms with Crippen molar-refractivity contribution >= 4 is 35.5 Å². The van der Waals surface area contributed by atoms with E-state index in [9.17, 15) is 0 Å².